The molecule has 1 aromatic heterocycles. The minimum atomic E-state index is -0.769. The van der Waals surface area contributed by atoms with Crippen LogP contribution in [0.25, 0.3) is 11.0 Å². The summed E-state index contributed by atoms with van der Waals surface area (Å²) in [5.41, 5.74) is 1.77. The molecule has 2 aromatic carbocycles. The molecule has 3 aromatic rings. The van der Waals surface area contributed by atoms with Gasteiger partial charge < -0.3 is 10.1 Å². The molecule has 0 spiro atoms. The number of urea groups is 1. The number of imide groups is 1. The number of para-hydroxylation sites is 2. The molecule has 0 aliphatic carbocycles. The van der Waals surface area contributed by atoms with Crippen LogP contribution in [0.1, 0.15) is 5.56 Å². The van der Waals surface area contributed by atoms with Crippen LogP contribution in [0.5, 0.6) is 0 Å². The van der Waals surface area contributed by atoms with E-state index in [-0.39, 0.29) is 18.8 Å². The molecule has 0 aliphatic rings. The van der Waals surface area contributed by atoms with Crippen LogP contribution in [0, 0.1) is 0 Å². The molecule has 2 N–H and O–H groups in total. The van der Waals surface area contributed by atoms with Gasteiger partial charge in [0.1, 0.15) is 6.54 Å². The summed E-state index contributed by atoms with van der Waals surface area (Å²) in [6.07, 6.45) is 0. The smallest absolute Gasteiger partial charge is 0.329 e. The van der Waals surface area contributed by atoms with Gasteiger partial charge in [-0.15, -0.1) is 0 Å². The molecule has 9 nitrogen and oxygen atoms in total. The van der Waals surface area contributed by atoms with E-state index in [0.717, 1.165) is 5.56 Å². The van der Waals surface area contributed by atoms with Crippen LogP contribution >= 0.6 is 0 Å². The molecule has 1 heterocycles. The maximum atomic E-state index is 12.3. The maximum absolute atomic E-state index is 12.3. The average Bonchev–Trinajstić information content (AvgIpc) is 2.97. The van der Waals surface area contributed by atoms with Crippen molar-refractivity contribution >= 4 is 28.9 Å². The Bertz CT molecular complexity index is 1100. The van der Waals surface area contributed by atoms with Gasteiger partial charge in [0.05, 0.1) is 11.0 Å². The van der Waals surface area contributed by atoms with E-state index in [1.54, 1.807) is 31.3 Å². The van der Waals surface area contributed by atoms with Gasteiger partial charge in [-0.25, -0.2) is 9.59 Å². The van der Waals surface area contributed by atoms with Gasteiger partial charge in [-0.3, -0.25) is 24.0 Å². The van der Waals surface area contributed by atoms with E-state index in [1.807, 2.05) is 30.3 Å². The summed E-state index contributed by atoms with van der Waals surface area (Å²) in [7, 11) is 1.61. The van der Waals surface area contributed by atoms with Gasteiger partial charge >= 0.3 is 17.7 Å². The number of ether oxygens (including phenoxy) is 1. The zero-order chi connectivity index (χ0) is 20.8. The van der Waals surface area contributed by atoms with Crippen molar-refractivity contribution in [2.75, 3.05) is 6.61 Å². The van der Waals surface area contributed by atoms with E-state index < -0.39 is 24.5 Å². The fraction of sp³-hybridized carbons (Fsp3) is 0.200. The van der Waals surface area contributed by atoms with Crippen LogP contribution in [0.2, 0.25) is 0 Å². The van der Waals surface area contributed by atoms with Crippen molar-refractivity contribution in [2.24, 2.45) is 7.05 Å². The van der Waals surface area contributed by atoms with Gasteiger partial charge in [-0.05, 0) is 17.7 Å². The highest BCUT2D eigenvalue weighted by Gasteiger charge is 2.15. The number of esters is 1. The number of carbonyl (C=O) groups is 3. The Hall–Kier alpha value is -3.88. The SMILES string of the molecule is Cn1c(=O)n(CC(=O)OCC(=O)NC(=O)NCc2ccccc2)c2ccccc21. The number of rotatable bonds is 6. The molecule has 3 amide bonds. The molecule has 9 heteroatoms. The lowest BCUT2D eigenvalue weighted by atomic mass is 10.2. The third-order valence-electron chi connectivity index (χ3n) is 4.25. The number of fused-ring (bicyclic) bond motifs is 1. The Labute approximate surface area is 165 Å². The second kappa shape index (κ2) is 8.87. The molecule has 150 valence electrons. The number of benzene rings is 2. The molecule has 0 unspecified atom stereocenters. The van der Waals surface area contributed by atoms with E-state index in [0.29, 0.717) is 11.0 Å². The Morgan fingerprint density at radius 1 is 0.966 bits per heavy atom. The lowest BCUT2D eigenvalue weighted by molar-refractivity contribution is -0.148. The molecule has 0 atom stereocenters. The van der Waals surface area contributed by atoms with Crippen molar-refractivity contribution in [3.63, 3.8) is 0 Å². The largest absolute Gasteiger partial charge is 0.454 e. The van der Waals surface area contributed by atoms with Crippen LogP contribution in [0.15, 0.2) is 59.4 Å². The van der Waals surface area contributed by atoms with Gasteiger partial charge in [0, 0.05) is 13.6 Å². The summed E-state index contributed by atoms with van der Waals surface area (Å²) in [6.45, 7) is -0.714. The molecule has 0 aliphatic heterocycles. The topological polar surface area (TPSA) is 111 Å². The highest BCUT2D eigenvalue weighted by atomic mass is 16.5. The quantitative estimate of drug-likeness (QED) is 0.602. The Morgan fingerprint density at radius 2 is 1.62 bits per heavy atom. The maximum Gasteiger partial charge on any atom is 0.329 e. The van der Waals surface area contributed by atoms with Gasteiger partial charge in [0.15, 0.2) is 6.61 Å². The normalized spacial score (nSPS) is 10.5. The van der Waals surface area contributed by atoms with Gasteiger partial charge in [-0.2, -0.15) is 0 Å². The first-order valence-corrected chi connectivity index (χ1v) is 8.87. The van der Waals surface area contributed by atoms with Gasteiger partial charge in [-0.1, -0.05) is 42.5 Å². The number of nitrogens with one attached hydrogen (secondary N) is 2. The standard InChI is InChI=1S/C20H20N4O5/c1-23-15-9-5-6-10-16(15)24(20(23)28)12-18(26)29-13-17(25)22-19(27)21-11-14-7-3-2-4-8-14/h2-10H,11-13H2,1H3,(H2,21,22,25,27). The first-order chi connectivity index (χ1) is 14.0. The Balaban J connectivity index is 1.48. The minimum Gasteiger partial charge on any atom is -0.454 e. The van der Waals surface area contributed by atoms with E-state index in [4.69, 9.17) is 4.74 Å². The predicted octanol–water partition coefficient (Wildman–Crippen LogP) is 0.909. The van der Waals surface area contributed by atoms with Crippen molar-refractivity contribution < 1.29 is 19.1 Å². The van der Waals surface area contributed by atoms with Crippen molar-refractivity contribution in [1.82, 2.24) is 19.8 Å². The van der Waals surface area contributed by atoms with Crippen LogP contribution in [0.4, 0.5) is 4.79 Å². The third kappa shape index (κ3) is 4.89. The average molecular weight is 396 g/mol. The molecule has 3 rings (SSSR count). The number of hydrogen-bond acceptors (Lipinski definition) is 5. The lowest BCUT2D eigenvalue weighted by Crippen LogP contribution is -2.41. The number of hydrogen-bond donors (Lipinski definition) is 2. The fourth-order valence-electron chi connectivity index (χ4n) is 2.82. The summed E-state index contributed by atoms with van der Waals surface area (Å²) in [5, 5.41) is 4.60. The summed E-state index contributed by atoms with van der Waals surface area (Å²) >= 11 is 0. The highest BCUT2D eigenvalue weighted by molar-refractivity contribution is 5.95. The zero-order valence-electron chi connectivity index (χ0n) is 15.8. The molecular formula is C20H20N4O5. The van der Waals surface area contributed by atoms with E-state index in [1.165, 1.54) is 9.13 Å². The lowest BCUT2D eigenvalue weighted by Gasteiger charge is -2.08. The number of amides is 3. The third-order valence-corrected chi connectivity index (χ3v) is 4.25. The van der Waals surface area contributed by atoms with Crippen molar-refractivity contribution in [2.45, 2.75) is 13.1 Å². The molecule has 0 fully saturated rings. The summed E-state index contributed by atoms with van der Waals surface area (Å²) < 4.78 is 7.57. The Kier molecular flexibility index (Phi) is 6.08. The van der Waals surface area contributed by atoms with Gasteiger partial charge in [0.2, 0.25) is 0 Å². The zero-order valence-corrected chi connectivity index (χ0v) is 15.8. The number of aromatic nitrogens is 2. The fourth-order valence-corrected chi connectivity index (χ4v) is 2.82. The second-order valence-electron chi connectivity index (χ2n) is 6.29. The van der Waals surface area contributed by atoms with E-state index >= 15 is 0 Å². The van der Waals surface area contributed by atoms with Crippen molar-refractivity contribution in [3.05, 3.63) is 70.6 Å². The van der Waals surface area contributed by atoms with Crippen LogP contribution in [-0.4, -0.2) is 33.6 Å². The van der Waals surface area contributed by atoms with Crippen LogP contribution < -0.4 is 16.3 Å². The molecule has 0 radical (unpaired) electrons. The molecular weight excluding hydrogens is 376 g/mol. The number of nitrogens with zero attached hydrogens (tertiary/aromatic N) is 2. The van der Waals surface area contributed by atoms with Crippen LogP contribution in [0.3, 0.4) is 0 Å². The van der Waals surface area contributed by atoms with Crippen molar-refractivity contribution in [3.8, 4) is 0 Å². The summed E-state index contributed by atoms with van der Waals surface area (Å²) in [5.74, 6) is -1.53. The number of carbonyl (C=O) groups excluding carboxylic acids is 3. The van der Waals surface area contributed by atoms with Crippen molar-refractivity contribution in [1.29, 1.82) is 0 Å². The molecule has 0 bridgehead atoms. The van der Waals surface area contributed by atoms with Gasteiger partial charge in [0.25, 0.3) is 5.91 Å². The molecule has 0 saturated carbocycles. The number of imidazole rings is 1. The summed E-state index contributed by atoms with van der Waals surface area (Å²) in [4.78, 5) is 47.8. The summed E-state index contributed by atoms with van der Waals surface area (Å²) in [6, 6.07) is 15.5. The predicted molar refractivity (Wildman–Crippen MR) is 105 cm³/mol. The monoisotopic (exact) mass is 396 g/mol. The minimum absolute atomic E-state index is 0.254. The first kappa shape index (κ1) is 19.9. The highest BCUT2D eigenvalue weighted by Crippen LogP contribution is 2.11. The van der Waals surface area contributed by atoms with Crippen LogP contribution in [-0.2, 0) is 34.5 Å². The second-order valence-corrected chi connectivity index (χ2v) is 6.29. The number of aryl methyl sites for hydroxylation is 1. The molecule has 0 saturated heterocycles. The van der Waals surface area contributed by atoms with E-state index in [2.05, 4.69) is 10.6 Å². The van der Waals surface area contributed by atoms with E-state index in [9.17, 15) is 19.2 Å². The Morgan fingerprint density at radius 3 is 2.34 bits per heavy atom. The molecule has 29 heavy (non-hydrogen) atoms. The first-order valence-electron chi connectivity index (χ1n) is 8.87.